The van der Waals surface area contributed by atoms with Crippen molar-refractivity contribution in [3.63, 3.8) is 0 Å². The summed E-state index contributed by atoms with van der Waals surface area (Å²) in [5.41, 5.74) is -0.250. The summed E-state index contributed by atoms with van der Waals surface area (Å²) in [6.07, 6.45) is 6.12. The first-order valence-electron chi connectivity index (χ1n) is 16.3. The average molecular weight is 678 g/mol. The smallest absolute Gasteiger partial charge is 0.312 e. The highest BCUT2D eigenvalue weighted by molar-refractivity contribution is 6.31. The predicted molar refractivity (Wildman–Crippen MR) is 176 cm³/mol. The average Bonchev–Trinajstić information content (AvgIpc) is 3.31. The zero-order valence-corrected chi connectivity index (χ0v) is 29.1. The van der Waals surface area contributed by atoms with Gasteiger partial charge in [0.1, 0.15) is 17.6 Å². The summed E-state index contributed by atoms with van der Waals surface area (Å²) in [7, 11) is 1.33. The van der Waals surface area contributed by atoms with Gasteiger partial charge in [0.25, 0.3) is 11.7 Å². The molecular formula is C37H43NO11. The van der Waals surface area contributed by atoms with Crippen molar-refractivity contribution in [3.05, 3.63) is 70.2 Å². The number of hydrogen-bond donors (Lipinski definition) is 2. The number of rotatable bonds is 2. The van der Waals surface area contributed by atoms with Gasteiger partial charge in [0.2, 0.25) is 5.78 Å². The van der Waals surface area contributed by atoms with Crippen LogP contribution >= 0.6 is 0 Å². The molecule has 1 aromatic rings. The molecular weight excluding hydrogens is 634 g/mol. The molecule has 9 atom stereocenters. The number of carbonyl (C=O) groups is 5. The minimum absolute atomic E-state index is 0.0240. The Balaban J connectivity index is 1.63. The minimum atomic E-state index is -1.94. The maximum absolute atomic E-state index is 14.0. The zero-order chi connectivity index (χ0) is 36.1. The molecule has 1 amide bonds. The highest BCUT2D eigenvalue weighted by Crippen LogP contribution is 2.48. The first-order chi connectivity index (χ1) is 23.0. The van der Waals surface area contributed by atoms with E-state index in [0.29, 0.717) is 5.56 Å². The fraction of sp³-hybridized carbons (Fsp3) is 0.486. The lowest BCUT2D eigenvalue weighted by molar-refractivity contribution is -0.197. The van der Waals surface area contributed by atoms with Crippen molar-refractivity contribution in [2.24, 2.45) is 23.7 Å². The van der Waals surface area contributed by atoms with E-state index in [1.807, 2.05) is 27.7 Å². The zero-order valence-electron chi connectivity index (χ0n) is 29.1. The van der Waals surface area contributed by atoms with Gasteiger partial charge in [-0.1, -0.05) is 45.9 Å². The third kappa shape index (κ3) is 6.23. The molecule has 9 unspecified atom stereocenters. The molecule has 7 bridgehead atoms. The van der Waals surface area contributed by atoms with Gasteiger partial charge < -0.3 is 34.1 Å². The Morgan fingerprint density at radius 1 is 0.980 bits per heavy atom. The molecule has 0 radical (unpaired) electrons. The Hall–Kier alpha value is -4.55. The van der Waals surface area contributed by atoms with Crippen LogP contribution in [0.5, 0.6) is 11.5 Å². The highest BCUT2D eigenvalue weighted by atomic mass is 16.7. The SMILES string of the molecule is COc1c(C)c2c3c4c1C(=O)C(=CC4=O)NC(=O)/C(C)=C\C=C\C(C)C(O)C(C)C1OC(/C=C/OC(C)(O2)C3=O)C(C)C(OC(C)=O)C1C. The van der Waals surface area contributed by atoms with E-state index in [9.17, 15) is 29.1 Å². The number of methoxy groups -OCH3 is 1. The van der Waals surface area contributed by atoms with Gasteiger partial charge >= 0.3 is 11.8 Å². The molecule has 0 aromatic heterocycles. The van der Waals surface area contributed by atoms with Gasteiger partial charge in [-0.05, 0) is 19.9 Å². The molecule has 262 valence electrons. The van der Waals surface area contributed by atoms with Crippen molar-refractivity contribution in [2.45, 2.75) is 85.6 Å². The number of nitrogens with one attached hydrogen (secondary N) is 1. The second kappa shape index (κ2) is 13.4. The number of fused-ring (bicyclic) bond motifs is 8. The molecule has 1 aromatic carbocycles. The topological polar surface area (TPSA) is 164 Å². The van der Waals surface area contributed by atoms with Gasteiger partial charge in [-0.2, -0.15) is 0 Å². The lowest BCUT2D eigenvalue weighted by Gasteiger charge is -2.46. The second-order valence-electron chi connectivity index (χ2n) is 13.4. The van der Waals surface area contributed by atoms with Crippen molar-refractivity contribution in [1.82, 2.24) is 5.32 Å². The van der Waals surface area contributed by atoms with E-state index in [-0.39, 0.29) is 57.2 Å². The molecule has 5 aliphatic rings. The number of ketones is 3. The van der Waals surface area contributed by atoms with Crippen LogP contribution in [0.3, 0.4) is 0 Å². The standard InChI is InChI=1S/C37H43NO11/c1-16-11-10-12-17(2)36(44)38-23-15-24(40)26-27(30(23)42)33(45-9)21(6)34-28(26)35(43)37(8,49-34)46-14-13-25-18(3)31(47-22(7)39)20(5)32(48-25)19(4)29(16)41/h10-16,18-20,25,29,31-32,41H,1-9H3,(H,38,44)/b11-10+,14-13+,17-12-. The van der Waals surface area contributed by atoms with Gasteiger partial charge in [-0.15, -0.1) is 0 Å². The van der Waals surface area contributed by atoms with E-state index in [1.54, 1.807) is 32.1 Å². The van der Waals surface area contributed by atoms with Crippen LogP contribution in [0.15, 0.2) is 47.9 Å². The number of amides is 1. The Labute approximate surface area is 285 Å². The van der Waals surface area contributed by atoms with E-state index < -0.39 is 65.3 Å². The lowest BCUT2D eigenvalue weighted by Crippen LogP contribution is -2.54. The fourth-order valence-electron chi connectivity index (χ4n) is 7.15. The van der Waals surface area contributed by atoms with E-state index in [4.69, 9.17) is 23.7 Å². The molecule has 1 saturated heterocycles. The highest BCUT2D eigenvalue weighted by Gasteiger charge is 2.52. The van der Waals surface area contributed by atoms with Crippen LogP contribution in [-0.4, -0.2) is 71.6 Å². The van der Waals surface area contributed by atoms with Crippen LogP contribution in [0.2, 0.25) is 0 Å². The van der Waals surface area contributed by atoms with Gasteiger partial charge in [-0.3, -0.25) is 24.0 Å². The monoisotopic (exact) mass is 677 g/mol. The van der Waals surface area contributed by atoms with Crippen molar-refractivity contribution in [2.75, 3.05) is 7.11 Å². The number of hydrogen-bond acceptors (Lipinski definition) is 11. The molecule has 1 aliphatic carbocycles. The number of benzene rings is 1. The van der Waals surface area contributed by atoms with Gasteiger partial charge in [0.15, 0.2) is 5.78 Å². The molecule has 49 heavy (non-hydrogen) atoms. The second-order valence-corrected chi connectivity index (χ2v) is 13.4. The van der Waals surface area contributed by atoms with Gasteiger partial charge in [0, 0.05) is 54.7 Å². The maximum Gasteiger partial charge on any atom is 0.312 e. The number of aliphatic hydroxyl groups is 1. The van der Waals surface area contributed by atoms with Crippen LogP contribution in [0.25, 0.3) is 0 Å². The molecule has 4 aliphatic heterocycles. The number of carbonyl (C=O) groups excluding carboxylic acids is 5. The summed E-state index contributed by atoms with van der Waals surface area (Å²) in [4.78, 5) is 66.7. The van der Waals surface area contributed by atoms with Crippen molar-refractivity contribution in [1.29, 1.82) is 0 Å². The number of aliphatic hydroxyl groups excluding tert-OH is 1. The largest absolute Gasteiger partial charge is 0.496 e. The lowest BCUT2D eigenvalue weighted by atomic mass is 9.75. The summed E-state index contributed by atoms with van der Waals surface area (Å²) < 4.78 is 29.9. The van der Waals surface area contributed by atoms with Crippen molar-refractivity contribution < 1.29 is 52.8 Å². The molecule has 12 heteroatoms. The predicted octanol–water partition coefficient (Wildman–Crippen LogP) is 4.32. The van der Waals surface area contributed by atoms with Crippen molar-refractivity contribution in [3.8, 4) is 11.5 Å². The number of Topliss-reactive ketones (excluding diaryl/α,β-unsaturated/α-hetero) is 2. The third-order valence-electron chi connectivity index (χ3n) is 9.98. The first-order valence-corrected chi connectivity index (χ1v) is 16.3. The minimum Gasteiger partial charge on any atom is -0.496 e. The molecule has 6 rings (SSSR count). The van der Waals surface area contributed by atoms with Crippen LogP contribution in [0, 0.1) is 30.6 Å². The van der Waals surface area contributed by atoms with Crippen molar-refractivity contribution >= 4 is 29.2 Å². The Bertz CT molecular complexity index is 1740. The van der Waals surface area contributed by atoms with Gasteiger partial charge in [0.05, 0.1) is 54.1 Å². The first kappa shape index (κ1) is 35.7. The number of allylic oxidation sites excluding steroid dienone is 4. The van der Waals surface area contributed by atoms with E-state index in [1.165, 1.54) is 33.3 Å². The number of esters is 1. The van der Waals surface area contributed by atoms with Crippen LogP contribution in [0.4, 0.5) is 0 Å². The third-order valence-corrected chi connectivity index (χ3v) is 9.98. The summed E-state index contributed by atoms with van der Waals surface area (Å²) >= 11 is 0. The molecule has 4 heterocycles. The molecule has 0 spiro atoms. The normalized spacial score (nSPS) is 35.5. The summed E-state index contributed by atoms with van der Waals surface area (Å²) in [6, 6.07) is 0. The Morgan fingerprint density at radius 2 is 1.67 bits per heavy atom. The number of ether oxygens (including phenoxy) is 5. The fourth-order valence-corrected chi connectivity index (χ4v) is 7.15. The van der Waals surface area contributed by atoms with Gasteiger partial charge in [-0.25, -0.2) is 0 Å². The maximum atomic E-state index is 14.0. The quantitative estimate of drug-likeness (QED) is 0.429. The Kier molecular flexibility index (Phi) is 9.77. The Morgan fingerprint density at radius 3 is 2.33 bits per heavy atom. The van der Waals surface area contributed by atoms with Crippen LogP contribution in [0.1, 0.15) is 85.1 Å². The van der Waals surface area contributed by atoms with E-state index in [0.717, 1.165) is 6.08 Å². The summed E-state index contributed by atoms with van der Waals surface area (Å²) in [5.74, 6) is -6.49. The van der Waals surface area contributed by atoms with Crippen LogP contribution < -0.4 is 14.8 Å². The molecule has 12 nitrogen and oxygen atoms in total. The summed E-state index contributed by atoms with van der Waals surface area (Å²) in [6.45, 7) is 13.3. The summed E-state index contributed by atoms with van der Waals surface area (Å²) in [5, 5.41) is 13.9. The molecule has 0 saturated carbocycles. The van der Waals surface area contributed by atoms with E-state index in [2.05, 4.69) is 5.32 Å². The molecule has 2 N–H and O–H groups in total. The molecule has 1 fully saturated rings. The van der Waals surface area contributed by atoms with Crippen LogP contribution in [-0.2, 0) is 23.8 Å². The van der Waals surface area contributed by atoms with E-state index >= 15 is 0 Å².